The zero-order valence-electron chi connectivity index (χ0n) is 10.6. The fourth-order valence-corrected chi connectivity index (χ4v) is 1.78. The first kappa shape index (κ1) is 15.2. The van der Waals surface area contributed by atoms with Crippen LogP contribution < -0.4 is 0 Å². The lowest BCUT2D eigenvalue weighted by molar-refractivity contribution is -0.759. The second-order valence-electron chi connectivity index (χ2n) is 4.35. The van der Waals surface area contributed by atoms with E-state index < -0.39 is 5.09 Å². The van der Waals surface area contributed by atoms with Crippen molar-refractivity contribution < 1.29 is 9.92 Å². The number of unbranched alkanes of at least 4 members (excludes halogenated alkanes) is 5. The molecule has 0 spiro atoms. The first-order chi connectivity index (χ1) is 7.70. The SMILES string of the molecule is CCCCCCCCC(CC)CO[N+](=O)[O-]. The summed E-state index contributed by atoms with van der Waals surface area (Å²) in [4.78, 5) is 14.5. The van der Waals surface area contributed by atoms with Gasteiger partial charge in [0.05, 0.1) is 6.61 Å². The topological polar surface area (TPSA) is 52.4 Å². The predicted molar refractivity (Wildman–Crippen MR) is 64.7 cm³/mol. The van der Waals surface area contributed by atoms with Crippen LogP contribution in [-0.4, -0.2) is 11.7 Å². The van der Waals surface area contributed by atoms with Gasteiger partial charge in [-0.3, -0.25) is 0 Å². The summed E-state index contributed by atoms with van der Waals surface area (Å²) in [5.74, 6) is 0.344. The molecule has 0 saturated carbocycles. The van der Waals surface area contributed by atoms with E-state index in [-0.39, 0.29) is 6.61 Å². The number of hydrogen-bond acceptors (Lipinski definition) is 3. The van der Waals surface area contributed by atoms with Gasteiger partial charge < -0.3 is 4.84 Å². The molecule has 1 atom stereocenters. The summed E-state index contributed by atoms with van der Waals surface area (Å²) in [6.45, 7) is 4.53. The highest BCUT2D eigenvalue weighted by Gasteiger charge is 2.08. The van der Waals surface area contributed by atoms with Crippen LogP contribution in [0.5, 0.6) is 0 Å². The van der Waals surface area contributed by atoms with Crippen molar-refractivity contribution in [1.29, 1.82) is 0 Å². The molecule has 0 amide bonds. The van der Waals surface area contributed by atoms with E-state index in [2.05, 4.69) is 18.7 Å². The fourth-order valence-electron chi connectivity index (χ4n) is 1.78. The summed E-state index contributed by atoms with van der Waals surface area (Å²) in [5, 5.41) is 9.36. The van der Waals surface area contributed by atoms with Crippen LogP contribution in [0.4, 0.5) is 0 Å². The quantitative estimate of drug-likeness (QED) is 0.307. The molecule has 0 aliphatic carbocycles. The molecule has 96 valence electrons. The molecule has 0 bridgehead atoms. The highest BCUT2D eigenvalue weighted by atomic mass is 16.9. The Morgan fingerprint density at radius 1 is 1.12 bits per heavy atom. The van der Waals surface area contributed by atoms with E-state index in [0.717, 1.165) is 12.8 Å². The maximum atomic E-state index is 10.1. The Hall–Kier alpha value is -0.800. The average molecular weight is 231 g/mol. The lowest BCUT2D eigenvalue weighted by Crippen LogP contribution is -2.12. The minimum Gasteiger partial charge on any atom is -0.314 e. The molecule has 0 fully saturated rings. The van der Waals surface area contributed by atoms with Crippen molar-refractivity contribution in [3.05, 3.63) is 10.1 Å². The molecule has 16 heavy (non-hydrogen) atoms. The van der Waals surface area contributed by atoms with Crippen LogP contribution in [0, 0.1) is 16.0 Å². The molecule has 1 unspecified atom stereocenters. The normalized spacial score (nSPS) is 12.4. The van der Waals surface area contributed by atoms with E-state index in [0.29, 0.717) is 5.92 Å². The Morgan fingerprint density at radius 3 is 2.31 bits per heavy atom. The third kappa shape index (κ3) is 9.74. The molecule has 0 aromatic carbocycles. The van der Waals surface area contributed by atoms with Gasteiger partial charge in [0.15, 0.2) is 0 Å². The highest BCUT2D eigenvalue weighted by Crippen LogP contribution is 2.15. The Morgan fingerprint density at radius 2 is 1.75 bits per heavy atom. The van der Waals surface area contributed by atoms with Gasteiger partial charge in [0, 0.05) is 0 Å². The predicted octanol–water partition coefficient (Wildman–Crippen LogP) is 3.97. The molecule has 0 heterocycles. The first-order valence-corrected chi connectivity index (χ1v) is 6.48. The standard InChI is InChI=1S/C12H25NO3/c1-3-5-6-7-8-9-10-12(4-2)11-16-13(14)15/h12H,3-11H2,1-2H3. The van der Waals surface area contributed by atoms with Crippen LogP contribution in [0.3, 0.4) is 0 Å². The summed E-state index contributed by atoms with van der Waals surface area (Å²) in [6.07, 6.45) is 9.63. The molecular weight excluding hydrogens is 206 g/mol. The van der Waals surface area contributed by atoms with E-state index in [1.54, 1.807) is 0 Å². The van der Waals surface area contributed by atoms with Gasteiger partial charge in [-0.05, 0) is 12.3 Å². The van der Waals surface area contributed by atoms with Crippen molar-refractivity contribution >= 4 is 0 Å². The van der Waals surface area contributed by atoms with Crippen molar-refractivity contribution in [3.63, 3.8) is 0 Å². The fraction of sp³-hybridized carbons (Fsp3) is 1.00. The van der Waals surface area contributed by atoms with Gasteiger partial charge in [0.1, 0.15) is 0 Å². The molecular formula is C12H25NO3. The van der Waals surface area contributed by atoms with Gasteiger partial charge in [-0.25, -0.2) is 0 Å². The zero-order valence-corrected chi connectivity index (χ0v) is 10.6. The van der Waals surface area contributed by atoms with E-state index in [1.165, 1.54) is 38.5 Å². The summed E-state index contributed by atoms with van der Waals surface area (Å²) in [7, 11) is 0. The van der Waals surface area contributed by atoms with Gasteiger partial charge in [-0.15, -0.1) is 10.1 Å². The maximum absolute atomic E-state index is 10.1. The third-order valence-corrected chi connectivity index (χ3v) is 2.96. The third-order valence-electron chi connectivity index (χ3n) is 2.96. The second-order valence-corrected chi connectivity index (χ2v) is 4.35. The van der Waals surface area contributed by atoms with Gasteiger partial charge in [0.2, 0.25) is 0 Å². The molecule has 4 heteroatoms. The van der Waals surface area contributed by atoms with Crippen molar-refractivity contribution in [1.82, 2.24) is 0 Å². The molecule has 0 aromatic heterocycles. The molecule has 0 saturated heterocycles. The first-order valence-electron chi connectivity index (χ1n) is 6.48. The second kappa shape index (κ2) is 10.7. The Balaban J connectivity index is 3.37. The molecule has 0 radical (unpaired) electrons. The van der Waals surface area contributed by atoms with Crippen molar-refractivity contribution in [3.8, 4) is 0 Å². The van der Waals surface area contributed by atoms with E-state index in [1.807, 2.05) is 0 Å². The van der Waals surface area contributed by atoms with Gasteiger partial charge in [0.25, 0.3) is 5.09 Å². The Bertz CT molecular complexity index is 174. The van der Waals surface area contributed by atoms with Crippen LogP contribution in [0.2, 0.25) is 0 Å². The summed E-state index contributed by atoms with van der Waals surface area (Å²) < 4.78 is 0. The van der Waals surface area contributed by atoms with Crippen LogP contribution in [0.15, 0.2) is 0 Å². The minimum absolute atomic E-state index is 0.262. The van der Waals surface area contributed by atoms with E-state index in [9.17, 15) is 10.1 Å². The largest absolute Gasteiger partial charge is 0.314 e. The molecule has 0 rings (SSSR count). The van der Waals surface area contributed by atoms with Crippen molar-refractivity contribution in [2.24, 2.45) is 5.92 Å². The highest BCUT2D eigenvalue weighted by molar-refractivity contribution is 4.56. The summed E-state index contributed by atoms with van der Waals surface area (Å²) in [5.41, 5.74) is 0. The van der Waals surface area contributed by atoms with E-state index >= 15 is 0 Å². The Labute approximate surface area is 98.5 Å². The van der Waals surface area contributed by atoms with Gasteiger partial charge >= 0.3 is 0 Å². The minimum atomic E-state index is -0.691. The molecule has 0 aliphatic heterocycles. The van der Waals surface area contributed by atoms with Gasteiger partial charge in [-0.1, -0.05) is 58.8 Å². The lowest BCUT2D eigenvalue weighted by atomic mass is 9.99. The maximum Gasteiger partial charge on any atom is 0.294 e. The Kier molecular flexibility index (Phi) is 10.2. The molecule has 0 N–H and O–H groups in total. The molecule has 0 aromatic rings. The zero-order chi connectivity index (χ0) is 12.2. The summed E-state index contributed by atoms with van der Waals surface area (Å²) in [6, 6.07) is 0. The number of hydrogen-bond donors (Lipinski definition) is 0. The van der Waals surface area contributed by atoms with Crippen molar-refractivity contribution in [2.45, 2.75) is 65.2 Å². The monoisotopic (exact) mass is 231 g/mol. The smallest absolute Gasteiger partial charge is 0.294 e. The lowest BCUT2D eigenvalue weighted by Gasteiger charge is -2.12. The summed E-state index contributed by atoms with van der Waals surface area (Å²) >= 11 is 0. The van der Waals surface area contributed by atoms with Crippen LogP contribution >= 0.6 is 0 Å². The number of nitrogens with zero attached hydrogens (tertiary/aromatic N) is 1. The van der Waals surface area contributed by atoms with Crippen LogP contribution in [0.25, 0.3) is 0 Å². The van der Waals surface area contributed by atoms with Crippen LogP contribution in [-0.2, 0) is 4.84 Å². The van der Waals surface area contributed by atoms with Crippen molar-refractivity contribution in [2.75, 3.05) is 6.61 Å². The number of rotatable bonds is 11. The van der Waals surface area contributed by atoms with Crippen LogP contribution in [0.1, 0.15) is 65.2 Å². The average Bonchev–Trinajstić information content (AvgIpc) is 2.27. The molecule has 0 aliphatic rings. The van der Waals surface area contributed by atoms with Gasteiger partial charge in [-0.2, -0.15) is 0 Å². The molecule has 4 nitrogen and oxygen atoms in total. The van der Waals surface area contributed by atoms with E-state index in [4.69, 9.17) is 0 Å².